The van der Waals surface area contributed by atoms with Gasteiger partial charge in [-0.1, -0.05) is 20.8 Å². The van der Waals surface area contributed by atoms with Gasteiger partial charge in [-0.05, 0) is 25.2 Å². The van der Waals surface area contributed by atoms with Crippen LogP contribution in [0, 0.1) is 5.92 Å². The highest BCUT2D eigenvalue weighted by molar-refractivity contribution is 5.82. The lowest BCUT2D eigenvalue weighted by Crippen LogP contribution is -2.49. The molecule has 5 nitrogen and oxygen atoms in total. The second kappa shape index (κ2) is 5.89. The van der Waals surface area contributed by atoms with E-state index in [1.165, 1.54) is 0 Å². The lowest BCUT2D eigenvalue weighted by Gasteiger charge is -2.26. The Kier molecular flexibility index (Phi) is 4.78. The van der Waals surface area contributed by atoms with E-state index in [4.69, 9.17) is 5.11 Å². The van der Waals surface area contributed by atoms with Gasteiger partial charge in [-0.3, -0.25) is 0 Å². The normalized spacial score (nSPS) is 16.7. The van der Waals surface area contributed by atoms with Crippen LogP contribution in [0.2, 0.25) is 0 Å². The number of hydrogen-bond donors (Lipinski definition) is 2. The van der Waals surface area contributed by atoms with Crippen LogP contribution >= 0.6 is 0 Å². The lowest BCUT2D eigenvalue weighted by atomic mass is 10.2. The molecule has 2 amide bonds. The zero-order chi connectivity index (χ0) is 13.0. The molecule has 0 aliphatic heterocycles. The van der Waals surface area contributed by atoms with Crippen molar-refractivity contribution in [3.8, 4) is 0 Å². The van der Waals surface area contributed by atoms with Gasteiger partial charge >= 0.3 is 12.0 Å². The summed E-state index contributed by atoms with van der Waals surface area (Å²) < 4.78 is 0. The highest BCUT2D eigenvalue weighted by atomic mass is 16.4. The smallest absolute Gasteiger partial charge is 0.326 e. The largest absolute Gasteiger partial charge is 0.480 e. The molecule has 1 atom stereocenters. The molecule has 0 aromatic carbocycles. The monoisotopic (exact) mass is 242 g/mol. The number of carboxylic acids is 1. The summed E-state index contributed by atoms with van der Waals surface area (Å²) in [5, 5.41) is 11.5. The van der Waals surface area contributed by atoms with Crippen molar-refractivity contribution in [2.75, 3.05) is 6.54 Å². The van der Waals surface area contributed by atoms with Crippen molar-refractivity contribution < 1.29 is 14.7 Å². The van der Waals surface area contributed by atoms with E-state index in [0.717, 1.165) is 12.8 Å². The van der Waals surface area contributed by atoms with E-state index >= 15 is 0 Å². The van der Waals surface area contributed by atoms with Crippen LogP contribution in [0.15, 0.2) is 0 Å². The molecular weight excluding hydrogens is 220 g/mol. The Hall–Kier alpha value is -1.26. The minimum absolute atomic E-state index is 0.240. The molecular formula is C12H22N2O3. The minimum Gasteiger partial charge on any atom is -0.480 e. The number of urea groups is 1. The molecule has 0 saturated heterocycles. The number of amides is 2. The standard InChI is InChI=1S/C12H22N2O3/c1-4-10(11(15)16)13-12(17)14(7-8(2)3)9-5-6-9/h8-10H,4-7H2,1-3H3,(H,13,17)(H,15,16)/t10-/m0/s1. The first-order valence-corrected chi connectivity index (χ1v) is 6.25. The Morgan fingerprint density at radius 2 is 2.00 bits per heavy atom. The second-order valence-corrected chi connectivity index (χ2v) is 5.03. The van der Waals surface area contributed by atoms with Crippen LogP contribution in [0.5, 0.6) is 0 Å². The maximum Gasteiger partial charge on any atom is 0.326 e. The zero-order valence-electron chi connectivity index (χ0n) is 10.8. The van der Waals surface area contributed by atoms with Crippen molar-refractivity contribution in [3.05, 3.63) is 0 Å². The molecule has 1 aliphatic carbocycles. The molecule has 0 aromatic heterocycles. The Labute approximate surface area is 102 Å². The number of aliphatic carboxylic acids is 1. The van der Waals surface area contributed by atoms with Gasteiger partial charge in [0.1, 0.15) is 6.04 Å². The zero-order valence-corrected chi connectivity index (χ0v) is 10.8. The summed E-state index contributed by atoms with van der Waals surface area (Å²) in [7, 11) is 0. The molecule has 98 valence electrons. The van der Waals surface area contributed by atoms with E-state index in [1.807, 2.05) is 0 Å². The average Bonchev–Trinajstić information content (AvgIpc) is 3.05. The van der Waals surface area contributed by atoms with Gasteiger partial charge in [0, 0.05) is 12.6 Å². The van der Waals surface area contributed by atoms with Gasteiger partial charge in [-0.25, -0.2) is 9.59 Å². The van der Waals surface area contributed by atoms with Gasteiger partial charge in [0.25, 0.3) is 0 Å². The molecule has 0 spiro atoms. The summed E-state index contributed by atoms with van der Waals surface area (Å²) in [6.07, 6.45) is 2.47. The van der Waals surface area contributed by atoms with Crippen molar-refractivity contribution in [1.82, 2.24) is 10.2 Å². The number of hydrogen-bond acceptors (Lipinski definition) is 2. The lowest BCUT2D eigenvalue weighted by molar-refractivity contribution is -0.139. The van der Waals surface area contributed by atoms with Crippen LogP contribution < -0.4 is 5.32 Å². The summed E-state index contributed by atoms with van der Waals surface area (Å²) in [5.74, 6) is -0.576. The molecule has 0 heterocycles. The van der Waals surface area contributed by atoms with Gasteiger partial charge in [-0.15, -0.1) is 0 Å². The molecule has 0 radical (unpaired) electrons. The third-order valence-corrected chi connectivity index (χ3v) is 2.81. The van der Waals surface area contributed by atoms with Crippen LogP contribution in [-0.2, 0) is 4.79 Å². The summed E-state index contributed by atoms with van der Waals surface area (Å²) in [6.45, 7) is 6.55. The number of carboxylic acid groups (broad SMARTS) is 1. The van der Waals surface area contributed by atoms with E-state index in [2.05, 4.69) is 19.2 Å². The fraction of sp³-hybridized carbons (Fsp3) is 0.833. The molecule has 1 rings (SSSR count). The molecule has 1 saturated carbocycles. The van der Waals surface area contributed by atoms with E-state index in [1.54, 1.807) is 11.8 Å². The Balaban J connectivity index is 2.55. The number of carbonyl (C=O) groups excluding carboxylic acids is 1. The van der Waals surface area contributed by atoms with Gasteiger partial charge in [-0.2, -0.15) is 0 Å². The van der Waals surface area contributed by atoms with Gasteiger partial charge < -0.3 is 15.3 Å². The van der Waals surface area contributed by atoms with Gasteiger partial charge in [0.15, 0.2) is 0 Å². The Morgan fingerprint density at radius 1 is 1.41 bits per heavy atom. The third kappa shape index (κ3) is 4.24. The van der Waals surface area contributed by atoms with Crippen molar-refractivity contribution in [2.24, 2.45) is 5.92 Å². The third-order valence-electron chi connectivity index (χ3n) is 2.81. The highest BCUT2D eigenvalue weighted by Gasteiger charge is 2.34. The first-order chi connectivity index (χ1) is 7.95. The summed E-state index contributed by atoms with van der Waals surface area (Å²) >= 11 is 0. The average molecular weight is 242 g/mol. The van der Waals surface area contributed by atoms with Crippen molar-refractivity contribution in [2.45, 2.75) is 52.1 Å². The quantitative estimate of drug-likeness (QED) is 0.744. The summed E-state index contributed by atoms with van der Waals surface area (Å²) in [5.41, 5.74) is 0. The van der Waals surface area contributed by atoms with Crippen molar-refractivity contribution in [1.29, 1.82) is 0 Å². The molecule has 0 unspecified atom stereocenters. The van der Waals surface area contributed by atoms with Crippen LogP contribution in [0.3, 0.4) is 0 Å². The van der Waals surface area contributed by atoms with Crippen LogP contribution in [-0.4, -0.2) is 40.6 Å². The summed E-state index contributed by atoms with van der Waals surface area (Å²) in [4.78, 5) is 24.6. The van der Waals surface area contributed by atoms with Crippen molar-refractivity contribution >= 4 is 12.0 Å². The summed E-state index contributed by atoms with van der Waals surface area (Å²) in [6, 6.07) is -0.713. The topological polar surface area (TPSA) is 69.6 Å². The molecule has 0 bridgehead atoms. The molecule has 17 heavy (non-hydrogen) atoms. The predicted molar refractivity (Wildman–Crippen MR) is 64.8 cm³/mol. The minimum atomic E-state index is -0.971. The van der Waals surface area contributed by atoms with E-state index in [-0.39, 0.29) is 6.03 Å². The second-order valence-electron chi connectivity index (χ2n) is 5.03. The van der Waals surface area contributed by atoms with Crippen LogP contribution in [0.25, 0.3) is 0 Å². The highest BCUT2D eigenvalue weighted by Crippen LogP contribution is 2.27. The molecule has 2 N–H and O–H groups in total. The van der Waals surface area contributed by atoms with E-state index in [9.17, 15) is 9.59 Å². The number of nitrogens with zero attached hydrogens (tertiary/aromatic N) is 1. The fourth-order valence-corrected chi connectivity index (χ4v) is 1.75. The van der Waals surface area contributed by atoms with Crippen molar-refractivity contribution in [3.63, 3.8) is 0 Å². The fourth-order valence-electron chi connectivity index (χ4n) is 1.75. The molecule has 0 aromatic rings. The maximum absolute atomic E-state index is 12.0. The van der Waals surface area contributed by atoms with Gasteiger partial charge in [0.05, 0.1) is 0 Å². The molecule has 1 aliphatic rings. The van der Waals surface area contributed by atoms with E-state index < -0.39 is 12.0 Å². The van der Waals surface area contributed by atoms with Crippen LogP contribution in [0.4, 0.5) is 4.79 Å². The van der Waals surface area contributed by atoms with E-state index in [0.29, 0.717) is 24.9 Å². The van der Waals surface area contributed by atoms with Crippen LogP contribution in [0.1, 0.15) is 40.0 Å². The predicted octanol–water partition coefficient (Wildman–Crippen LogP) is 1.68. The molecule has 1 fully saturated rings. The Bertz CT molecular complexity index is 287. The number of rotatable bonds is 6. The Morgan fingerprint density at radius 3 is 2.35 bits per heavy atom. The SMILES string of the molecule is CC[C@H](NC(=O)N(CC(C)C)C1CC1)C(=O)O. The van der Waals surface area contributed by atoms with Gasteiger partial charge in [0.2, 0.25) is 0 Å². The molecule has 5 heteroatoms. The number of carbonyl (C=O) groups is 2. The maximum atomic E-state index is 12.0. The number of nitrogens with one attached hydrogen (secondary N) is 1. The first kappa shape index (κ1) is 13.8. The first-order valence-electron chi connectivity index (χ1n) is 6.25.